The number of rotatable bonds is 6. The van der Waals surface area contributed by atoms with Gasteiger partial charge in [0.25, 0.3) is 0 Å². The van der Waals surface area contributed by atoms with Crippen LogP contribution in [0.25, 0.3) is 11.1 Å². The molecule has 4 aromatic rings. The molecule has 0 bridgehead atoms. The maximum Gasteiger partial charge on any atom is -1.00 e. The van der Waals surface area contributed by atoms with Gasteiger partial charge in [-0.05, 0) is 0 Å². The van der Waals surface area contributed by atoms with Crippen molar-refractivity contribution in [3.8, 4) is 0 Å². The zero-order chi connectivity index (χ0) is 27.6. The van der Waals surface area contributed by atoms with Crippen molar-refractivity contribution >= 4 is 27.0 Å². The van der Waals surface area contributed by atoms with Crippen molar-refractivity contribution in [2.75, 3.05) is 0 Å². The predicted molar refractivity (Wildman–Crippen MR) is 170 cm³/mol. The maximum atomic E-state index is 2.57. The fourth-order valence-electron chi connectivity index (χ4n) is 6.66. The van der Waals surface area contributed by atoms with Gasteiger partial charge in [0, 0.05) is 0 Å². The van der Waals surface area contributed by atoms with E-state index in [0.717, 1.165) is 0 Å². The summed E-state index contributed by atoms with van der Waals surface area (Å²) in [5, 5.41) is 3.13. The second-order valence-electron chi connectivity index (χ2n) is 11.0. The van der Waals surface area contributed by atoms with Gasteiger partial charge >= 0.3 is 249 Å². The molecule has 0 N–H and O–H groups in total. The van der Waals surface area contributed by atoms with E-state index in [1.807, 2.05) is 0 Å². The van der Waals surface area contributed by atoms with Gasteiger partial charge in [-0.25, -0.2) is 0 Å². The van der Waals surface area contributed by atoms with Crippen molar-refractivity contribution in [2.45, 2.75) is 27.7 Å². The SMILES string of the molecule is CC1=[C]([Zr+2]([C]2=C(C)C(c3ccccc3)=CC2C)=[Si](c2ccccc2)c2ccccc2)C(C)C=C1c1ccccc1.[Cl-].[Cl-]. The van der Waals surface area contributed by atoms with Gasteiger partial charge in [-0.2, -0.15) is 0 Å². The summed E-state index contributed by atoms with van der Waals surface area (Å²) in [5.41, 5.74) is 7.66. The molecule has 2 aliphatic rings. The van der Waals surface area contributed by atoms with Crippen LogP contribution in [-0.4, -0.2) is 5.43 Å². The number of halogens is 2. The molecule has 0 saturated heterocycles. The Hall–Kier alpha value is -2.48. The van der Waals surface area contributed by atoms with Crippen LogP contribution in [0.5, 0.6) is 0 Å². The minimum absolute atomic E-state index is 0. The molecule has 2 unspecified atom stereocenters. The molecule has 0 saturated carbocycles. The van der Waals surface area contributed by atoms with Crippen LogP contribution in [0, 0.1) is 11.8 Å². The first-order valence-corrected chi connectivity index (χ1v) is 22.0. The molecule has 0 nitrogen and oxygen atoms in total. The van der Waals surface area contributed by atoms with Crippen LogP contribution >= 0.6 is 0 Å². The molecule has 2 aliphatic carbocycles. The summed E-state index contributed by atoms with van der Waals surface area (Å²) in [7, 11) is 0. The van der Waals surface area contributed by atoms with Gasteiger partial charge in [0.15, 0.2) is 0 Å². The molecule has 0 fully saturated rings. The van der Waals surface area contributed by atoms with E-state index in [4.69, 9.17) is 0 Å². The van der Waals surface area contributed by atoms with Crippen LogP contribution in [0.15, 0.2) is 151 Å². The smallest absolute Gasteiger partial charge is 1.00 e. The molecule has 6 rings (SSSR count). The predicted octanol–water partition coefficient (Wildman–Crippen LogP) is 2.43. The molecule has 210 valence electrons. The molecule has 0 aromatic heterocycles. The Balaban J connectivity index is 0.00000202. The molecule has 4 aromatic carbocycles. The first kappa shape index (κ1) is 32.4. The van der Waals surface area contributed by atoms with E-state index >= 15 is 0 Å². The fourth-order valence-corrected chi connectivity index (χ4v) is 30.6. The molecular formula is C38H36Cl2SiZr. The van der Waals surface area contributed by atoms with Crippen molar-refractivity contribution in [3.05, 3.63) is 162 Å². The number of benzene rings is 4. The summed E-state index contributed by atoms with van der Waals surface area (Å²) in [5.74, 6) is 0.926. The van der Waals surface area contributed by atoms with E-state index in [2.05, 4.69) is 161 Å². The third-order valence-electron chi connectivity index (χ3n) is 8.44. The Morgan fingerprint density at radius 1 is 0.476 bits per heavy atom. The van der Waals surface area contributed by atoms with Crippen LogP contribution in [0.3, 0.4) is 0 Å². The van der Waals surface area contributed by atoms with E-state index in [1.165, 1.54) is 22.3 Å². The summed E-state index contributed by atoms with van der Waals surface area (Å²) in [6.07, 6.45) is 5.13. The van der Waals surface area contributed by atoms with Gasteiger partial charge in [0.05, 0.1) is 0 Å². The summed E-state index contributed by atoms with van der Waals surface area (Å²) in [6, 6.07) is 45.1. The second-order valence-corrected chi connectivity index (χ2v) is 24.1. The van der Waals surface area contributed by atoms with E-state index in [0.29, 0.717) is 11.8 Å². The molecular weight excluding hydrogens is 647 g/mol. The first-order valence-electron chi connectivity index (χ1n) is 14.4. The Morgan fingerprint density at radius 3 is 1.12 bits per heavy atom. The molecule has 0 radical (unpaired) electrons. The van der Waals surface area contributed by atoms with E-state index in [-0.39, 0.29) is 24.8 Å². The monoisotopic (exact) mass is 680 g/mol. The number of allylic oxidation sites excluding steroid dienone is 8. The van der Waals surface area contributed by atoms with Crippen LogP contribution < -0.4 is 35.2 Å². The second kappa shape index (κ2) is 14.3. The van der Waals surface area contributed by atoms with Crippen molar-refractivity contribution in [1.82, 2.24) is 0 Å². The largest absolute Gasteiger partial charge is 1.00 e. The summed E-state index contributed by atoms with van der Waals surface area (Å²) >= 11 is -2.56. The molecule has 4 heteroatoms. The minimum Gasteiger partial charge on any atom is -1.00 e. The van der Waals surface area contributed by atoms with Crippen molar-refractivity contribution < 1.29 is 45.2 Å². The van der Waals surface area contributed by atoms with Gasteiger partial charge in [-0.3, -0.25) is 0 Å². The summed E-state index contributed by atoms with van der Waals surface area (Å²) in [4.78, 5) is 0. The third kappa shape index (κ3) is 6.24. The number of hydrogen-bond donors (Lipinski definition) is 0. The van der Waals surface area contributed by atoms with Crippen molar-refractivity contribution in [3.63, 3.8) is 0 Å². The number of hydrogen-bond acceptors (Lipinski definition) is 0. The normalized spacial score (nSPS) is 17.5. The maximum absolute atomic E-state index is 2.57. The minimum atomic E-state index is -2.56. The molecule has 0 aliphatic heterocycles. The Labute approximate surface area is 272 Å². The van der Waals surface area contributed by atoms with Crippen LogP contribution in [-0.2, 0) is 20.4 Å². The van der Waals surface area contributed by atoms with Crippen LogP contribution in [0.1, 0.15) is 38.8 Å². The van der Waals surface area contributed by atoms with E-state index in [1.54, 1.807) is 28.1 Å². The molecule has 0 spiro atoms. The zero-order valence-electron chi connectivity index (χ0n) is 24.6. The Morgan fingerprint density at radius 2 is 0.786 bits per heavy atom. The van der Waals surface area contributed by atoms with E-state index < -0.39 is 25.8 Å². The zero-order valence-corrected chi connectivity index (χ0v) is 29.6. The van der Waals surface area contributed by atoms with Gasteiger partial charge < -0.3 is 24.8 Å². The molecule has 42 heavy (non-hydrogen) atoms. The average Bonchev–Trinajstić information content (AvgIpc) is 3.47. The van der Waals surface area contributed by atoms with Crippen LogP contribution in [0.4, 0.5) is 0 Å². The van der Waals surface area contributed by atoms with Crippen molar-refractivity contribution in [1.29, 1.82) is 0 Å². The summed E-state index contributed by atoms with van der Waals surface area (Å²) in [6.45, 7) is 9.78. The quantitative estimate of drug-likeness (QED) is 0.275. The van der Waals surface area contributed by atoms with Crippen LogP contribution in [0.2, 0.25) is 0 Å². The van der Waals surface area contributed by atoms with E-state index in [9.17, 15) is 0 Å². The van der Waals surface area contributed by atoms with Crippen molar-refractivity contribution in [2.24, 2.45) is 11.8 Å². The summed E-state index contributed by atoms with van der Waals surface area (Å²) < 4.78 is 3.60. The fraction of sp³-hybridized carbons (Fsp3) is 0.158. The molecule has 0 amide bonds. The Bertz CT molecular complexity index is 1570. The Kier molecular flexibility index (Phi) is 11.1. The standard InChI is InChI=1S/2C13H13.C12H10Si.2ClH.Zr/c2*1-10-8-11(2)13(9-10)12-6-4-3-5-7-12;1-3-7-11(8-4-1)13-12-9-5-2-6-10-12;;;/h2*3-7,9-10H,1-2H3;1-10H;2*1H;/q;;;;;+2/p-2. The van der Waals surface area contributed by atoms with Gasteiger partial charge in [0.1, 0.15) is 0 Å². The van der Waals surface area contributed by atoms with Gasteiger partial charge in [-0.1, -0.05) is 0 Å². The van der Waals surface area contributed by atoms with Gasteiger partial charge in [-0.15, -0.1) is 0 Å². The topological polar surface area (TPSA) is 0 Å². The molecule has 0 heterocycles. The molecule has 2 atom stereocenters. The third-order valence-corrected chi connectivity index (χ3v) is 28.6. The first-order chi connectivity index (χ1) is 19.5. The van der Waals surface area contributed by atoms with Gasteiger partial charge in [0.2, 0.25) is 0 Å². The average molecular weight is 683 g/mol.